The molecule has 1 aliphatic rings. The van der Waals surface area contributed by atoms with Gasteiger partial charge in [-0.3, -0.25) is 0 Å². The fourth-order valence-corrected chi connectivity index (χ4v) is 2.62. The minimum Gasteiger partial charge on any atom is -0.368 e. The Kier molecular flexibility index (Phi) is 4.19. The van der Waals surface area contributed by atoms with Crippen LogP contribution in [-0.2, 0) is 0 Å². The largest absolute Gasteiger partial charge is 0.368 e. The summed E-state index contributed by atoms with van der Waals surface area (Å²) in [4.78, 5) is 8.15. The molecule has 2 unspecified atom stereocenters. The predicted octanol–water partition coefficient (Wildman–Crippen LogP) is 1.73. The van der Waals surface area contributed by atoms with E-state index in [1.165, 1.54) is 32.1 Å². The van der Waals surface area contributed by atoms with E-state index in [0.29, 0.717) is 11.9 Å². The van der Waals surface area contributed by atoms with Gasteiger partial charge in [0.25, 0.3) is 0 Å². The number of nitrogens with one attached hydrogen (secondary N) is 2. The van der Waals surface area contributed by atoms with Gasteiger partial charge in [-0.15, -0.1) is 0 Å². The van der Waals surface area contributed by atoms with Gasteiger partial charge in [-0.1, -0.05) is 26.2 Å². The molecule has 6 heteroatoms. The molecule has 0 aromatic carbocycles. The average Bonchev–Trinajstić information content (AvgIpc) is 2.38. The predicted molar refractivity (Wildman–Crippen MR) is 73.9 cm³/mol. The number of hydrogen-bond donors (Lipinski definition) is 4. The van der Waals surface area contributed by atoms with E-state index >= 15 is 0 Å². The zero-order valence-electron chi connectivity index (χ0n) is 10.8. The van der Waals surface area contributed by atoms with Crippen LogP contribution < -0.4 is 22.3 Å². The smallest absolute Gasteiger partial charge is 0.223 e. The number of rotatable bonds is 4. The molecule has 100 valence electrons. The SMILES string of the molecule is CCC1CCCC(Nc2cc(NN)nc(N)n2)C1. The van der Waals surface area contributed by atoms with Crippen LogP contribution in [0.25, 0.3) is 0 Å². The summed E-state index contributed by atoms with van der Waals surface area (Å²) < 4.78 is 0. The van der Waals surface area contributed by atoms with Crippen LogP contribution in [0.3, 0.4) is 0 Å². The molecule has 2 rings (SSSR count). The average molecular weight is 250 g/mol. The molecule has 0 spiro atoms. The second kappa shape index (κ2) is 5.86. The van der Waals surface area contributed by atoms with Crippen LogP contribution in [0.4, 0.5) is 17.6 Å². The minimum absolute atomic E-state index is 0.232. The van der Waals surface area contributed by atoms with Gasteiger partial charge >= 0.3 is 0 Å². The lowest BCUT2D eigenvalue weighted by molar-refractivity contribution is 0.327. The van der Waals surface area contributed by atoms with Crippen LogP contribution in [0.15, 0.2) is 6.07 Å². The summed E-state index contributed by atoms with van der Waals surface area (Å²) in [6, 6.07) is 2.26. The maximum Gasteiger partial charge on any atom is 0.223 e. The molecule has 6 N–H and O–H groups in total. The van der Waals surface area contributed by atoms with Crippen LogP contribution in [0.1, 0.15) is 39.0 Å². The first-order valence-corrected chi connectivity index (χ1v) is 6.59. The highest BCUT2D eigenvalue weighted by Gasteiger charge is 2.21. The Labute approximate surface area is 108 Å². The number of nitrogen functional groups attached to an aromatic ring is 2. The van der Waals surface area contributed by atoms with Crippen LogP contribution in [0.2, 0.25) is 0 Å². The number of nitrogens with zero attached hydrogens (tertiary/aromatic N) is 2. The first-order valence-electron chi connectivity index (χ1n) is 6.59. The lowest BCUT2D eigenvalue weighted by Crippen LogP contribution is -2.27. The van der Waals surface area contributed by atoms with Crippen LogP contribution in [-0.4, -0.2) is 16.0 Å². The molecule has 0 amide bonds. The van der Waals surface area contributed by atoms with E-state index in [0.717, 1.165) is 11.7 Å². The summed E-state index contributed by atoms with van der Waals surface area (Å²) in [5.74, 6) is 7.68. The lowest BCUT2D eigenvalue weighted by atomic mass is 9.84. The van der Waals surface area contributed by atoms with Crippen LogP contribution in [0, 0.1) is 5.92 Å². The molecule has 2 atom stereocenters. The van der Waals surface area contributed by atoms with Gasteiger partial charge in [0.2, 0.25) is 5.95 Å². The van der Waals surface area contributed by atoms with Gasteiger partial charge in [0, 0.05) is 12.1 Å². The second-order valence-corrected chi connectivity index (χ2v) is 4.92. The third kappa shape index (κ3) is 3.22. The highest BCUT2D eigenvalue weighted by Crippen LogP contribution is 2.28. The van der Waals surface area contributed by atoms with Gasteiger partial charge in [-0.25, -0.2) is 5.84 Å². The third-order valence-corrected chi connectivity index (χ3v) is 3.60. The van der Waals surface area contributed by atoms with Crippen LogP contribution in [0.5, 0.6) is 0 Å². The zero-order chi connectivity index (χ0) is 13.0. The molecular formula is C12H22N6. The van der Waals surface area contributed by atoms with Crippen molar-refractivity contribution in [1.82, 2.24) is 9.97 Å². The summed E-state index contributed by atoms with van der Waals surface area (Å²) in [5, 5.41) is 3.43. The van der Waals surface area contributed by atoms with E-state index in [1.54, 1.807) is 6.07 Å². The van der Waals surface area contributed by atoms with Gasteiger partial charge in [0.1, 0.15) is 11.6 Å². The molecule has 1 aliphatic carbocycles. The summed E-state index contributed by atoms with van der Waals surface area (Å²) >= 11 is 0. The monoisotopic (exact) mass is 250 g/mol. The van der Waals surface area contributed by atoms with Gasteiger partial charge in [-0.05, 0) is 18.8 Å². The van der Waals surface area contributed by atoms with Gasteiger partial charge in [0.15, 0.2) is 0 Å². The first-order chi connectivity index (χ1) is 8.71. The summed E-state index contributed by atoms with van der Waals surface area (Å²) in [6.45, 7) is 2.26. The molecule has 6 nitrogen and oxygen atoms in total. The Morgan fingerprint density at radius 2 is 2.11 bits per heavy atom. The van der Waals surface area contributed by atoms with Crippen molar-refractivity contribution in [1.29, 1.82) is 0 Å². The lowest BCUT2D eigenvalue weighted by Gasteiger charge is -2.29. The fraction of sp³-hybridized carbons (Fsp3) is 0.667. The van der Waals surface area contributed by atoms with Crippen molar-refractivity contribution in [2.75, 3.05) is 16.5 Å². The van der Waals surface area contributed by atoms with Crippen molar-refractivity contribution in [3.8, 4) is 0 Å². The molecule has 1 fully saturated rings. The Bertz CT molecular complexity index is 394. The maximum absolute atomic E-state index is 5.64. The van der Waals surface area contributed by atoms with Gasteiger partial charge in [-0.2, -0.15) is 9.97 Å². The number of nitrogens with two attached hydrogens (primary N) is 2. The maximum atomic E-state index is 5.64. The number of hydrazine groups is 1. The topological polar surface area (TPSA) is 102 Å². The number of anilines is 3. The summed E-state index contributed by atoms with van der Waals surface area (Å²) in [5.41, 5.74) is 8.13. The van der Waals surface area contributed by atoms with E-state index < -0.39 is 0 Å². The molecule has 0 bridgehead atoms. The Morgan fingerprint density at radius 3 is 2.83 bits per heavy atom. The van der Waals surface area contributed by atoms with Crippen molar-refractivity contribution in [2.24, 2.45) is 11.8 Å². The molecule has 1 saturated carbocycles. The van der Waals surface area contributed by atoms with Crippen molar-refractivity contribution in [3.63, 3.8) is 0 Å². The molecular weight excluding hydrogens is 228 g/mol. The highest BCUT2D eigenvalue weighted by atomic mass is 15.3. The molecule has 1 aromatic rings. The number of aromatic nitrogens is 2. The third-order valence-electron chi connectivity index (χ3n) is 3.60. The highest BCUT2D eigenvalue weighted by molar-refractivity contribution is 5.50. The zero-order valence-corrected chi connectivity index (χ0v) is 10.8. The van der Waals surface area contributed by atoms with Crippen molar-refractivity contribution >= 4 is 17.6 Å². The summed E-state index contributed by atoms with van der Waals surface area (Å²) in [7, 11) is 0. The van der Waals surface area contributed by atoms with Crippen molar-refractivity contribution < 1.29 is 0 Å². The fourth-order valence-electron chi connectivity index (χ4n) is 2.62. The molecule has 1 aromatic heterocycles. The van der Waals surface area contributed by atoms with Gasteiger partial charge in [0.05, 0.1) is 0 Å². The molecule has 0 aliphatic heterocycles. The van der Waals surface area contributed by atoms with Crippen molar-refractivity contribution in [2.45, 2.75) is 45.1 Å². The van der Waals surface area contributed by atoms with E-state index in [4.69, 9.17) is 11.6 Å². The molecule has 0 radical (unpaired) electrons. The number of hydrogen-bond acceptors (Lipinski definition) is 6. The van der Waals surface area contributed by atoms with E-state index in [1.807, 2.05) is 0 Å². The van der Waals surface area contributed by atoms with E-state index in [-0.39, 0.29) is 5.95 Å². The van der Waals surface area contributed by atoms with E-state index in [9.17, 15) is 0 Å². The van der Waals surface area contributed by atoms with Gasteiger partial charge < -0.3 is 16.5 Å². The Morgan fingerprint density at radius 1 is 1.33 bits per heavy atom. The Balaban J connectivity index is 2.02. The molecule has 1 heterocycles. The second-order valence-electron chi connectivity index (χ2n) is 4.92. The normalized spacial score (nSPS) is 23.7. The summed E-state index contributed by atoms with van der Waals surface area (Å²) in [6.07, 6.45) is 6.26. The minimum atomic E-state index is 0.232. The van der Waals surface area contributed by atoms with Crippen molar-refractivity contribution in [3.05, 3.63) is 6.07 Å². The standard InChI is InChI=1S/C12H22N6/c1-2-8-4-3-5-9(6-8)15-10-7-11(18-14)17-12(13)16-10/h7-9H,2-6,14H2,1H3,(H4,13,15,16,17,18). The quantitative estimate of drug-likeness (QED) is 0.479. The van der Waals surface area contributed by atoms with E-state index in [2.05, 4.69) is 27.6 Å². The van der Waals surface area contributed by atoms with Crippen LogP contribution >= 0.6 is 0 Å². The Hall–Kier alpha value is -1.56. The molecule has 0 saturated heterocycles. The first kappa shape index (κ1) is 12.9. The molecule has 18 heavy (non-hydrogen) atoms.